The van der Waals surface area contributed by atoms with Crippen LogP contribution in [-0.4, -0.2) is 25.7 Å². The van der Waals surface area contributed by atoms with Crippen molar-refractivity contribution < 1.29 is 4.74 Å². The standard InChI is InChI=1S/C20H35N3O/c1-4-6-7-8-9-14-24-18-12-10-17(11-13-18)20-19(15-21-5-2)16(3)22-23-20/h10-13,16,19-23H,4-9,14-15H2,1-3H3. The number of hydrogen-bond acceptors (Lipinski definition) is 4. The van der Waals surface area contributed by atoms with Crippen LogP contribution < -0.4 is 20.9 Å². The van der Waals surface area contributed by atoms with Gasteiger partial charge in [0, 0.05) is 18.5 Å². The number of hydrazine groups is 1. The second-order valence-corrected chi connectivity index (χ2v) is 6.86. The van der Waals surface area contributed by atoms with Gasteiger partial charge in [-0.3, -0.25) is 5.43 Å². The Hall–Kier alpha value is -1.10. The van der Waals surface area contributed by atoms with Crippen LogP contribution in [0.5, 0.6) is 5.75 Å². The molecule has 24 heavy (non-hydrogen) atoms. The molecule has 1 aromatic rings. The summed E-state index contributed by atoms with van der Waals surface area (Å²) >= 11 is 0. The van der Waals surface area contributed by atoms with Crippen LogP contribution in [0.3, 0.4) is 0 Å². The summed E-state index contributed by atoms with van der Waals surface area (Å²) in [6.45, 7) is 9.51. The maximum absolute atomic E-state index is 5.87. The molecule has 2 rings (SSSR count). The summed E-state index contributed by atoms with van der Waals surface area (Å²) in [5.74, 6) is 1.53. The van der Waals surface area contributed by atoms with Crippen molar-refractivity contribution in [3.63, 3.8) is 0 Å². The molecule has 4 heteroatoms. The second kappa shape index (κ2) is 10.7. The van der Waals surface area contributed by atoms with E-state index >= 15 is 0 Å². The van der Waals surface area contributed by atoms with Crippen molar-refractivity contribution in [1.29, 1.82) is 0 Å². The monoisotopic (exact) mass is 333 g/mol. The van der Waals surface area contributed by atoms with Crippen LogP contribution in [-0.2, 0) is 0 Å². The molecule has 1 heterocycles. The summed E-state index contributed by atoms with van der Waals surface area (Å²) in [5, 5.41) is 3.48. The molecule has 3 unspecified atom stereocenters. The summed E-state index contributed by atoms with van der Waals surface area (Å²) < 4.78 is 5.87. The molecule has 0 saturated carbocycles. The molecule has 0 bridgehead atoms. The third-order valence-corrected chi connectivity index (χ3v) is 4.92. The molecule has 0 aliphatic carbocycles. The van der Waals surface area contributed by atoms with Crippen molar-refractivity contribution in [2.75, 3.05) is 19.7 Å². The fraction of sp³-hybridized carbons (Fsp3) is 0.700. The quantitative estimate of drug-likeness (QED) is 0.539. The predicted molar refractivity (Wildman–Crippen MR) is 101 cm³/mol. The van der Waals surface area contributed by atoms with E-state index in [4.69, 9.17) is 4.74 Å². The first-order chi connectivity index (χ1) is 11.8. The number of rotatable bonds is 11. The SMILES string of the molecule is CCCCCCCOc1ccc(C2NNC(C)C2CNCC)cc1. The molecule has 0 radical (unpaired) electrons. The van der Waals surface area contributed by atoms with Gasteiger partial charge in [-0.1, -0.05) is 51.7 Å². The lowest BCUT2D eigenvalue weighted by Gasteiger charge is -2.21. The smallest absolute Gasteiger partial charge is 0.119 e. The maximum Gasteiger partial charge on any atom is 0.119 e. The summed E-state index contributed by atoms with van der Waals surface area (Å²) in [7, 11) is 0. The van der Waals surface area contributed by atoms with E-state index in [1.807, 2.05) is 0 Å². The minimum atomic E-state index is 0.349. The third-order valence-electron chi connectivity index (χ3n) is 4.92. The number of unbranched alkanes of at least 4 members (excludes halogenated alkanes) is 4. The van der Waals surface area contributed by atoms with Gasteiger partial charge in [0.2, 0.25) is 0 Å². The zero-order valence-electron chi connectivity index (χ0n) is 15.6. The topological polar surface area (TPSA) is 45.3 Å². The lowest BCUT2D eigenvalue weighted by Crippen LogP contribution is -2.32. The molecule has 136 valence electrons. The Morgan fingerprint density at radius 1 is 1.00 bits per heavy atom. The molecule has 1 aliphatic rings. The first-order valence-electron chi connectivity index (χ1n) is 9.70. The predicted octanol–water partition coefficient (Wildman–Crippen LogP) is 3.80. The Labute approximate surface area is 147 Å². The van der Waals surface area contributed by atoms with Crippen LogP contribution in [0.2, 0.25) is 0 Å². The van der Waals surface area contributed by atoms with E-state index < -0.39 is 0 Å². The molecular weight excluding hydrogens is 298 g/mol. The van der Waals surface area contributed by atoms with Crippen molar-refractivity contribution in [1.82, 2.24) is 16.2 Å². The van der Waals surface area contributed by atoms with Crippen LogP contribution in [0.25, 0.3) is 0 Å². The van der Waals surface area contributed by atoms with Gasteiger partial charge < -0.3 is 10.1 Å². The number of hydrogen-bond donors (Lipinski definition) is 3. The van der Waals surface area contributed by atoms with Crippen LogP contribution in [0, 0.1) is 5.92 Å². The zero-order chi connectivity index (χ0) is 17.2. The van der Waals surface area contributed by atoms with Gasteiger partial charge in [-0.05, 0) is 37.6 Å². The van der Waals surface area contributed by atoms with Crippen LogP contribution in [0.4, 0.5) is 0 Å². The highest BCUT2D eigenvalue weighted by Gasteiger charge is 2.33. The zero-order valence-corrected chi connectivity index (χ0v) is 15.6. The van der Waals surface area contributed by atoms with Gasteiger partial charge in [-0.25, -0.2) is 5.43 Å². The highest BCUT2D eigenvalue weighted by molar-refractivity contribution is 5.30. The number of benzene rings is 1. The molecule has 0 spiro atoms. The molecule has 3 atom stereocenters. The van der Waals surface area contributed by atoms with E-state index in [1.165, 1.54) is 31.2 Å². The molecule has 0 aromatic heterocycles. The lowest BCUT2D eigenvalue weighted by atomic mass is 9.90. The molecule has 1 aliphatic heterocycles. The Bertz CT molecular complexity index is 449. The highest BCUT2D eigenvalue weighted by atomic mass is 16.5. The van der Waals surface area contributed by atoms with E-state index in [0.29, 0.717) is 18.0 Å². The van der Waals surface area contributed by atoms with E-state index in [2.05, 4.69) is 61.2 Å². The summed E-state index contributed by atoms with van der Waals surface area (Å²) in [6.07, 6.45) is 6.37. The van der Waals surface area contributed by atoms with Crippen molar-refractivity contribution in [3.8, 4) is 5.75 Å². The molecule has 1 aromatic carbocycles. The Kier molecular flexibility index (Phi) is 8.57. The van der Waals surface area contributed by atoms with Gasteiger partial charge >= 0.3 is 0 Å². The average molecular weight is 334 g/mol. The van der Waals surface area contributed by atoms with Gasteiger partial charge in [0.1, 0.15) is 5.75 Å². The van der Waals surface area contributed by atoms with Gasteiger partial charge in [0.15, 0.2) is 0 Å². The van der Waals surface area contributed by atoms with E-state index in [-0.39, 0.29) is 0 Å². The average Bonchev–Trinajstić information content (AvgIpc) is 2.97. The van der Waals surface area contributed by atoms with E-state index in [1.54, 1.807) is 0 Å². The van der Waals surface area contributed by atoms with Crippen molar-refractivity contribution >= 4 is 0 Å². The van der Waals surface area contributed by atoms with Crippen LogP contribution in [0.1, 0.15) is 64.5 Å². The first kappa shape index (κ1) is 19.2. The number of ether oxygens (including phenoxy) is 1. The molecule has 3 N–H and O–H groups in total. The molecular formula is C20H35N3O. The molecule has 1 fully saturated rings. The van der Waals surface area contributed by atoms with Gasteiger partial charge in [0.25, 0.3) is 0 Å². The maximum atomic E-state index is 5.87. The largest absolute Gasteiger partial charge is 0.494 e. The summed E-state index contributed by atoms with van der Waals surface area (Å²) in [5.41, 5.74) is 8.15. The van der Waals surface area contributed by atoms with Crippen molar-refractivity contribution in [2.45, 2.75) is 65.0 Å². The normalized spacial score (nSPS) is 23.5. The van der Waals surface area contributed by atoms with E-state index in [0.717, 1.165) is 31.9 Å². The first-order valence-corrected chi connectivity index (χ1v) is 9.70. The number of nitrogens with one attached hydrogen (secondary N) is 3. The summed E-state index contributed by atoms with van der Waals surface area (Å²) in [4.78, 5) is 0. The fourth-order valence-electron chi connectivity index (χ4n) is 3.33. The highest BCUT2D eigenvalue weighted by Crippen LogP contribution is 2.29. The van der Waals surface area contributed by atoms with Gasteiger partial charge in [-0.2, -0.15) is 0 Å². The summed E-state index contributed by atoms with van der Waals surface area (Å²) in [6, 6.07) is 9.42. The van der Waals surface area contributed by atoms with Crippen LogP contribution in [0.15, 0.2) is 24.3 Å². The molecule has 0 amide bonds. The molecule has 4 nitrogen and oxygen atoms in total. The molecule has 1 saturated heterocycles. The van der Waals surface area contributed by atoms with Gasteiger partial charge in [-0.15, -0.1) is 0 Å². The Morgan fingerprint density at radius 3 is 2.46 bits per heavy atom. The van der Waals surface area contributed by atoms with E-state index in [9.17, 15) is 0 Å². The van der Waals surface area contributed by atoms with Crippen molar-refractivity contribution in [2.24, 2.45) is 5.92 Å². The van der Waals surface area contributed by atoms with Crippen LogP contribution >= 0.6 is 0 Å². The van der Waals surface area contributed by atoms with Crippen molar-refractivity contribution in [3.05, 3.63) is 29.8 Å². The Morgan fingerprint density at radius 2 is 1.75 bits per heavy atom. The Balaban J connectivity index is 1.80. The third kappa shape index (κ3) is 5.76. The fourth-order valence-corrected chi connectivity index (χ4v) is 3.33. The second-order valence-electron chi connectivity index (χ2n) is 6.86. The minimum absolute atomic E-state index is 0.349. The van der Waals surface area contributed by atoms with Gasteiger partial charge in [0.05, 0.1) is 12.6 Å². The minimum Gasteiger partial charge on any atom is -0.494 e. The lowest BCUT2D eigenvalue weighted by molar-refractivity contribution is 0.304.